The van der Waals surface area contributed by atoms with Crippen LogP contribution in [0.4, 0.5) is 5.82 Å². The standard InChI is InChI=1S/C16H17N3O2/c1-3-18-16-5-4-12(10-19-16)11-21-15-7-13(9-17)6-14(8-15)20-2/h4-8,10H,3,11H2,1-2H3,(H,18,19). The number of ether oxygens (including phenoxy) is 2. The molecular formula is C16H17N3O2. The van der Waals surface area contributed by atoms with E-state index in [1.54, 1.807) is 31.5 Å². The van der Waals surface area contributed by atoms with Crippen LogP contribution in [-0.2, 0) is 6.61 Å². The zero-order valence-corrected chi connectivity index (χ0v) is 12.1. The van der Waals surface area contributed by atoms with Gasteiger partial charge in [0.25, 0.3) is 0 Å². The molecule has 1 N–H and O–H groups in total. The molecule has 0 aliphatic heterocycles. The third-order valence-electron chi connectivity index (χ3n) is 2.83. The smallest absolute Gasteiger partial charge is 0.125 e. The van der Waals surface area contributed by atoms with E-state index in [0.717, 1.165) is 17.9 Å². The average molecular weight is 283 g/mol. The van der Waals surface area contributed by atoms with Gasteiger partial charge < -0.3 is 14.8 Å². The van der Waals surface area contributed by atoms with Gasteiger partial charge in [-0.25, -0.2) is 4.98 Å². The molecule has 1 aromatic carbocycles. The predicted molar refractivity (Wildman–Crippen MR) is 80.4 cm³/mol. The molecule has 2 aromatic rings. The highest BCUT2D eigenvalue weighted by molar-refractivity contribution is 5.44. The van der Waals surface area contributed by atoms with Crippen molar-refractivity contribution in [1.29, 1.82) is 5.26 Å². The Morgan fingerprint density at radius 1 is 1.24 bits per heavy atom. The van der Waals surface area contributed by atoms with Crippen molar-refractivity contribution in [2.45, 2.75) is 13.5 Å². The Kier molecular flexibility index (Phi) is 4.99. The van der Waals surface area contributed by atoms with Crippen molar-refractivity contribution in [1.82, 2.24) is 4.98 Å². The van der Waals surface area contributed by atoms with E-state index in [1.165, 1.54) is 0 Å². The van der Waals surface area contributed by atoms with Crippen LogP contribution in [0.1, 0.15) is 18.1 Å². The number of hydrogen-bond acceptors (Lipinski definition) is 5. The molecule has 1 heterocycles. The zero-order valence-electron chi connectivity index (χ0n) is 12.1. The van der Waals surface area contributed by atoms with Crippen LogP contribution in [0.15, 0.2) is 36.5 Å². The summed E-state index contributed by atoms with van der Waals surface area (Å²) in [6.07, 6.45) is 1.77. The lowest BCUT2D eigenvalue weighted by molar-refractivity contribution is 0.303. The normalized spacial score (nSPS) is 9.76. The first-order chi connectivity index (χ1) is 10.2. The molecule has 0 aliphatic rings. The van der Waals surface area contributed by atoms with E-state index >= 15 is 0 Å². The van der Waals surface area contributed by atoms with Gasteiger partial charge in [-0.1, -0.05) is 6.07 Å². The summed E-state index contributed by atoms with van der Waals surface area (Å²) in [6.45, 7) is 3.25. The molecule has 21 heavy (non-hydrogen) atoms. The van der Waals surface area contributed by atoms with Gasteiger partial charge in [0.1, 0.15) is 23.9 Å². The van der Waals surface area contributed by atoms with Gasteiger partial charge in [0, 0.05) is 24.4 Å². The van der Waals surface area contributed by atoms with E-state index in [1.807, 2.05) is 19.1 Å². The maximum absolute atomic E-state index is 8.97. The largest absolute Gasteiger partial charge is 0.497 e. The van der Waals surface area contributed by atoms with Crippen LogP contribution in [0.2, 0.25) is 0 Å². The van der Waals surface area contributed by atoms with E-state index in [-0.39, 0.29) is 0 Å². The van der Waals surface area contributed by atoms with Crippen LogP contribution >= 0.6 is 0 Å². The van der Waals surface area contributed by atoms with Crippen LogP contribution < -0.4 is 14.8 Å². The van der Waals surface area contributed by atoms with Crippen LogP contribution in [0.25, 0.3) is 0 Å². The van der Waals surface area contributed by atoms with Gasteiger partial charge in [-0.2, -0.15) is 5.26 Å². The molecule has 0 atom stereocenters. The molecule has 0 saturated carbocycles. The molecule has 5 heteroatoms. The second-order valence-corrected chi connectivity index (χ2v) is 4.38. The van der Waals surface area contributed by atoms with Crippen LogP contribution in [0.5, 0.6) is 11.5 Å². The second-order valence-electron chi connectivity index (χ2n) is 4.38. The Morgan fingerprint density at radius 3 is 2.67 bits per heavy atom. The lowest BCUT2D eigenvalue weighted by atomic mass is 10.2. The lowest BCUT2D eigenvalue weighted by Crippen LogP contribution is -2.01. The van der Waals surface area contributed by atoms with Crippen LogP contribution in [0, 0.1) is 11.3 Å². The Bertz CT molecular complexity index is 633. The monoisotopic (exact) mass is 283 g/mol. The van der Waals surface area contributed by atoms with Gasteiger partial charge in [-0.3, -0.25) is 0 Å². The fraction of sp³-hybridized carbons (Fsp3) is 0.250. The van der Waals surface area contributed by atoms with Gasteiger partial charge in [0.15, 0.2) is 0 Å². The number of aromatic nitrogens is 1. The highest BCUT2D eigenvalue weighted by atomic mass is 16.5. The molecule has 0 spiro atoms. The minimum atomic E-state index is 0.386. The minimum absolute atomic E-state index is 0.386. The molecule has 0 bridgehead atoms. The van der Waals surface area contributed by atoms with Gasteiger partial charge in [-0.15, -0.1) is 0 Å². The number of pyridine rings is 1. The second kappa shape index (κ2) is 7.15. The molecule has 1 aromatic heterocycles. The number of nitrogens with one attached hydrogen (secondary N) is 1. The molecule has 5 nitrogen and oxygen atoms in total. The van der Waals surface area contributed by atoms with Crippen molar-refractivity contribution in [2.24, 2.45) is 0 Å². The first-order valence-corrected chi connectivity index (χ1v) is 6.66. The third-order valence-corrected chi connectivity index (χ3v) is 2.83. The fourth-order valence-electron chi connectivity index (χ4n) is 1.80. The van der Waals surface area contributed by atoms with Gasteiger partial charge in [0.2, 0.25) is 0 Å². The number of nitriles is 1. The first kappa shape index (κ1) is 14.7. The zero-order chi connectivity index (χ0) is 15.1. The highest BCUT2D eigenvalue weighted by Gasteiger charge is 2.03. The lowest BCUT2D eigenvalue weighted by Gasteiger charge is -2.09. The molecule has 0 saturated heterocycles. The molecule has 0 fully saturated rings. The average Bonchev–Trinajstić information content (AvgIpc) is 2.54. The maximum Gasteiger partial charge on any atom is 0.125 e. The summed E-state index contributed by atoms with van der Waals surface area (Å²) >= 11 is 0. The first-order valence-electron chi connectivity index (χ1n) is 6.66. The van der Waals surface area contributed by atoms with Crippen molar-refractivity contribution in [3.8, 4) is 17.6 Å². The summed E-state index contributed by atoms with van der Waals surface area (Å²) in [4.78, 5) is 4.28. The third kappa shape index (κ3) is 4.11. The molecule has 0 aliphatic carbocycles. The van der Waals surface area contributed by atoms with Crippen LogP contribution in [-0.4, -0.2) is 18.6 Å². The topological polar surface area (TPSA) is 67.2 Å². The summed E-state index contributed by atoms with van der Waals surface area (Å²) in [5.41, 5.74) is 1.46. The molecule has 0 radical (unpaired) electrons. The van der Waals surface area contributed by atoms with Crippen molar-refractivity contribution >= 4 is 5.82 Å². The Labute approximate surface area is 124 Å². The van der Waals surface area contributed by atoms with E-state index in [2.05, 4.69) is 16.4 Å². The Hall–Kier alpha value is -2.74. The van der Waals surface area contributed by atoms with E-state index in [9.17, 15) is 0 Å². The Morgan fingerprint density at radius 2 is 2.05 bits per heavy atom. The molecule has 2 rings (SSSR count). The summed E-state index contributed by atoms with van der Waals surface area (Å²) in [6, 6.07) is 11.0. The van der Waals surface area contributed by atoms with Gasteiger partial charge in [0.05, 0.1) is 18.7 Å². The van der Waals surface area contributed by atoms with Crippen molar-refractivity contribution in [2.75, 3.05) is 19.0 Å². The summed E-state index contributed by atoms with van der Waals surface area (Å²) in [5, 5.41) is 12.1. The highest BCUT2D eigenvalue weighted by Crippen LogP contribution is 2.23. The molecular weight excluding hydrogens is 266 g/mol. The van der Waals surface area contributed by atoms with E-state index in [4.69, 9.17) is 14.7 Å². The quantitative estimate of drug-likeness (QED) is 0.882. The van der Waals surface area contributed by atoms with Gasteiger partial charge in [-0.05, 0) is 25.1 Å². The number of rotatable bonds is 6. The molecule has 108 valence electrons. The van der Waals surface area contributed by atoms with Crippen LogP contribution in [0.3, 0.4) is 0 Å². The number of anilines is 1. The summed E-state index contributed by atoms with van der Waals surface area (Å²) in [5.74, 6) is 2.04. The van der Waals surface area contributed by atoms with Crippen molar-refractivity contribution in [3.63, 3.8) is 0 Å². The van der Waals surface area contributed by atoms with Gasteiger partial charge >= 0.3 is 0 Å². The van der Waals surface area contributed by atoms with Crippen molar-refractivity contribution < 1.29 is 9.47 Å². The number of benzene rings is 1. The number of methoxy groups -OCH3 is 1. The Balaban J connectivity index is 2.04. The fourth-order valence-corrected chi connectivity index (χ4v) is 1.80. The maximum atomic E-state index is 8.97. The molecule has 0 amide bonds. The van der Waals surface area contributed by atoms with Crippen molar-refractivity contribution in [3.05, 3.63) is 47.7 Å². The van der Waals surface area contributed by atoms with E-state index in [0.29, 0.717) is 23.7 Å². The minimum Gasteiger partial charge on any atom is -0.497 e. The van der Waals surface area contributed by atoms with E-state index < -0.39 is 0 Å². The SMILES string of the molecule is CCNc1ccc(COc2cc(C#N)cc(OC)c2)cn1. The predicted octanol–water partition coefficient (Wildman–Crippen LogP) is 2.97. The number of nitrogens with zero attached hydrogens (tertiary/aromatic N) is 2. The molecule has 0 unspecified atom stereocenters. The number of hydrogen-bond donors (Lipinski definition) is 1. The summed E-state index contributed by atoms with van der Waals surface area (Å²) in [7, 11) is 1.56. The summed E-state index contributed by atoms with van der Waals surface area (Å²) < 4.78 is 10.8.